The van der Waals surface area contributed by atoms with Crippen molar-refractivity contribution in [3.05, 3.63) is 34.4 Å². The van der Waals surface area contributed by atoms with E-state index in [4.69, 9.17) is 4.74 Å². The SMILES string of the molecule is CCCCCCOC(=O)c1cc(C(=O)O)c(C(=O)C(C)(C)C)cc1C(=O)O. The lowest BCUT2D eigenvalue weighted by Crippen LogP contribution is -2.24. The van der Waals surface area contributed by atoms with Crippen molar-refractivity contribution in [2.24, 2.45) is 5.41 Å². The number of hydrogen-bond donors (Lipinski definition) is 2. The van der Waals surface area contributed by atoms with Gasteiger partial charge < -0.3 is 14.9 Å². The van der Waals surface area contributed by atoms with Crippen LogP contribution in [0, 0.1) is 5.41 Å². The average molecular weight is 378 g/mol. The van der Waals surface area contributed by atoms with Gasteiger partial charge in [-0.2, -0.15) is 0 Å². The molecule has 0 spiro atoms. The van der Waals surface area contributed by atoms with Crippen LogP contribution in [0.25, 0.3) is 0 Å². The first-order valence-electron chi connectivity index (χ1n) is 8.87. The normalized spacial score (nSPS) is 11.1. The minimum atomic E-state index is -1.44. The van der Waals surface area contributed by atoms with Gasteiger partial charge in [-0.05, 0) is 18.6 Å². The number of carboxylic acids is 2. The second kappa shape index (κ2) is 9.30. The molecule has 0 aliphatic carbocycles. The molecule has 1 aromatic rings. The van der Waals surface area contributed by atoms with Gasteiger partial charge in [-0.25, -0.2) is 14.4 Å². The van der Waals surface area contributed by atoms with Gasteiger partial charge in [0.15, 0.2) is 5.78 Å². The van der Waals surface area contributed by atoms with Crippen LogP contribution >= 0.6 is 0 Å². The van der Waals surface area contributed by atoms with Gasteiger partial charge in [0.25, 0.3) is 0 Å². The van der Waals surface area contributed by atoms with Crippen molar-refractivity contribution in [1.82, 2.24) is 0 Å². The number of ether oxygens (including phenoxy) is 1. The smallest absolute Gasteiger partial charge is 0.339 e. The highest BCUT2D eigenvalue weighted by Gasteiger charge is 2.31. The highest BCUT2D eigenvalue weighted by molar-refractivity contribution is 6.12. The van der Waals surface area contributed by atoms with Gasteiger partial charge >= 0.3 is 17.9 Å². The van der Waals surface area contributed by atoms with Gasteiger partial charge in [-0.3, -0.25) is 4.79 Å². The van der Waals surface area contributed by atoms with Crippen LogP contribution < -0.4 is 0 Å². The van der Waals surface area contributed by atoms with Crippen LogP contribution in [0.1, 0.15) is 94.8 Å². The Labute approximate surface area is 158 Å². The Bertz CT molecular complexity index is 741. The Balaban J connectivity index is 3.30. The first-order chi connectivity index (χ1) is 12.5. The molecule has 0 aliphatic rings. The quantitative estimate of drug-likeness (QED) is 0.378. The van der Waals surface area contributed by atoms with Crippen molar-refractivity contribution in [2.75, 3.05) is 6.61 Å². The molecular formula is C20H26O7. The summed E-state index contributed by atoms with van der Waals surface area (Å²) >= 11 is 0. The molecule has 1 aromatic carbocycles. The second-order valence-electron chi connectivity index (χ2n) is 7.33. The summed E-state index contributed by atoms with van der Waals surface area (Å²) in [6, 6.07) is 1.87. The van der Waals surface area contributed by atoms with Crippen LogP contribution in [0.5, 0.6) is 0 Å². The molecule has 27 heavy (non-hydrogen) atoms. The van der Waals surface area contributed by atoms with Gasteiger partial charge in [0.05, 0.1) is 23.3 Å². The molecule has 0 heterocycles. The Kier molecular flexibility index (Phi) is 7.69. The highest BCUT2D eigenvalue weighted by Crippen LogP contribution is 2.26. The standard InChI is InChI=1S/C20H26O7/c1-5-6-7-8-9-27-19(26)15-11-13(17(22)23)12(10-14(15)18(24)25)16(21)20(2,3)4/h10-11H,5-9H2,1-4H3,(H,22,23)(H,24,25). The number of unbranched alkanes of at least 4 members (excludes halogenated alkanes) is 3. The Morgan fingerprint density at radius 3 is 1.85 bits per heavy atom. The molecule has 0 aromatic heterocycles. The average Bonchev–Trinajstić information content (AvgIpc) is 2.58. The van der Waals surface area contributed by atoms with Crippen molar-refractivity contribution in [1.29, 1.82) is 0 Å². The lowest BCUT2D eigenvalue weighted by atomic mass is 9.83. The van der Waals surface area contributed by atoms with E-state index < -0.39 is 40.2 Å². The number of carbonyl (C=O) groups is 4. The largest absolute Gasteiger partial charge is 0.478 e. The summed E-state index contributed by atoms with van der Waals surface area (Å²) < 4.78 is 5.09. The maximum Gasteiger partial charge on any atom is 0.339 e. The zero-order valence-electron chi connectivity index (χ0n) is 16.1. The topological polar surface area (TPSA) is 118 Å². The van der Waals surface area contributed by atoms with Crippen molar-refractivity contribution in [3.63, 3.8) is 0 Å². The Hall–Kier alpha value is -2.70. The predicted octanol–water partition coefficient (Wildman–Crippen LogP) is 4.05. The number of ketones is 1. The Morgan fingerprint density at radius 1 is 0.852 bits per heavy atom. The van der Waals surface area contributed by atoms with Gasteiger partial charge in [-0.1, -0.05) is 47.0 Å². The summed E-state index contributed by atoms with van der Waals surface area (Å²) in [5, 5.41) is 18.9. The summed E-state index contributed by atoms with van der Waals surface area (Å²) in [7, 11) is 0. The molecule has 0 aliphatic heterocycles. The molecule has 0 saturated heterocycles. The van der Waals surface area contributed by atoms with E-state index in [2.05, 4.69) is 0 Å². The summed E-state index contributed by atoms with van der Waals surface area (Å²) in [5.74, 6) is -4.30. The molecule has 0 atom stereocenters. The monoisotopic (exact) mass is 378 g/mol. The molecule has 0 bridgehead atoms. The fraction of sp³-hybridized carbons (Fsp3) is 0.500. The van der Waals surface area contributed by atoms with E-state index in [9.17, 15) is 29.4 Å². The van der Waals surface area contributed by atoms with Crippen molar-refractivity contribution in [3.8, 4) is 0 Å². The molecule has 0 saturated carbocycles. The Morgan fingerprint density at radius 2 is 1.37 bits per heavy atom. The minimum Gasteiger partial charge on any atom is -0.478 e. The zero-order chi connectivity index (χ0) is 20.8. The number of rotatable bonds is 9. The molecule has 1 rings (SSSR count). The molecule has 7 heteroatoms. The molecule has 2 N–H and O–H groups in total. The van der Waals surface area contributed by atoms with Crippen LogP contribution in [0.4, 0.5) is 0 Å². The van der Waals surface area contributed by atoms with Gasteiger partial charge in [-0.15, -0.1) is 0 Å². The number of aromatic carboxylic acids is 2. The predicted molar refractivity (Wildman–Crippen MR) is 98.6 cm³/mol. The fourth-order valence-corrected chi connectivity index (χ4v) is 2.49. The third-order valence-corrected chi connectivity index (χ3v) is 4.00. The van der Waals surface area contributed by atoms with E-state index in [1.165, 1.54) is 0 Å². The molecular weight excluding hydrogens is 352 g/mol. The maximum atomic E-state index is 12.5. The van der Waals surface area contributed by atoms with Crippen LogP contribution in [-0.4, -0.2) is 40.5 Å². The third-order valence-electron chi connectivity index (χ3n) is 4.00. The molecule has 0 amide bonds. The summed E-state index contributed by atoms with van der Waals surface area (Å²) in [6.07, 6.45) is 3.51. The number of carbonyl (C=O) groups excluding carboxylic acids is 2. The summed E-state index contributed by atoms with van der Waals surface area (Å²) in [6.45, 7) is 6.95. The van der Waals surface area contributed by atoms with E-state index in [-0.39, 0.29) is 17.7 Å². The van der Waals surface area contributed by atoms with Crippen molar-refractivity contribution in [2.45, 2.75) is 53.4 Å². The lowest BCUT2D eigenvalue weighted by molar-refractivity contribution is 0.0487. The van der Waals surface area contributed by atoms with Crippen LogP contribution in [0.3, 0.4) is 0 Å². The van der Waals surface area contributed by atoms with E-state index >= 15 is 0 Å². The van der Waals surface area contributed by atoms with Gasteiger partial charge in [0.2, 0.25) is 0 Å². The lowest BCUT2D eigenvalue weighted by Gasteiger charge is -2.19. The molecule has 148 valence electrons. The first-order valence-corrected chi connectivity index (χ1v) is 8.87. The number of carboxylic acid groups (broad SMARTS) is 2. The van der Waals surface area contributed by atoms with E-state index in [0.717, 1.165) is 31.4 Å². The summed E-state index contributed by atoms with van der Waals surface area (Å²) in [4.78, 5) is 48.0. The first kappa shape index (κ1) is 22.3. The van der Waals surface area contributed by atoms with Crippen LogP contribution in [0.15, 0.2) is 12.1 Å². The third kappa shape index (κ3) is 5.91. The second-order valence-corrected chi connectivity index (χ2v) is 7.33. The number of esters is 1. The maximum absolute atomic E-state index is 12.5. The van der Waals surface area contributed by atoms with E-state index in [1.54, 1.807) is 20.8 Å². The van der Waals surface area contributed by atoms with Gasteiger partial charge in [0.1, 0.15) is 0 Å². The number of Topliss-reactive ketones (excluding diaryl/α,β-unsaturated/α-hetero) is 1. The minimum absolute atomic E-state index is 0.114. The number of benzene rings is 1. The zero-order valence-corrected chi connectivity index (χ0v) is 16.1. The van der Waals surface area contributed by atoms with E-state index in [1.807, 2.05) is 6.92 Å². The summed E-state index contributed by atoms with van der Waals surface area (Å²) in [5.41, 5.74) is -2.40. The fourth-order valence-electron chi connectivity index (χ4n) is 2.49. The highest BCUT2D eigenvalue weighted by atomic mass is 16.5. The molecule has 7 nitrogen and oxygen atoms in total. The number of hydrogen-bond acceptors (Lipinski definition) is 5. The van der Waals surface area contributed by atoms with Gasteiger partial charge in [0, 0.05) is 11.0 Å². The van der Waals surface area contributed by atoms with Crippen molar-refractivity contribution < 1.29 is 34.1 Å². The van der Waals surface area contributed by atoms with Crippen LogP contribution in [-0.2, 0) is 4.74 Å². The van der Waals surface area contributed by atoms with E-state index in [0.29, 0.717) is 6.42 Å². The van der Waals surface area contributed by atoms with Crippen LogP contribution in [0.2, 0.25) is 0 Å². The van der Waals surface area contributed by atoms with Crippen molar-refractivity contribution >= 4 is 23.7 Å². The molecule has 0 unspecified atom stereocenters. The molecule has 0 fully saturated rings. The molecule has 0 radical (unpaired) electrons.